The Balaban J connectivity index is 1.18. The lowest BCUT2D eigenvalue weighted by Crippen LogP contribution is -2.13. The predicted molar refractivity (Wildman–Crippen MR) is 392 cm³/mol. The molecule has 0 aliphatic rings. The van der Waals surface area contributed by atoms with Crippen LogP contribution in [0, 0.1) is 27.7 Å². The molecule has 452 valence electrons. The van der Waals surface area contributed by atoms with Crippen LogP contribution in [0.4, 0.5) is 34.1 Å². The Hall–Kier alpha value is -8.98. The van der Waals surface area contributed by atoms with Gasteiger partial charge in [0.05, 0.1) is 66.2 Å². The third kappa shape index (κ3) is 14.1. The van der Waals surface area contributed by atoms with E-state index in [1.807, 2.05) is 0 Å². The fourth-order valence-corrected chi connectivity index (χ4v) is 10.8. The van der Waals surface area contributed by atoms with Gasteiger partial charge in [-0.15, -0.1) is 0 Å². The molecule has 2 heteroatoms. The molecule has 0 aromatic heterocycles. The Kier molecular flexibility index (Phi) is 9.63. The van der Waals surface area contributed by atoms with Crippen molar-refractivity contribution >= 4 is 66.4 Å². The van der Waals surface area contributed by atoms with Crippen molar-refractivity contribution in [2.24, 2.45) is 0 Å². The van der Waals surface area contributed by atoms with Crippen molar-refractivity contribution in [2.75, 3.05) is 9.80 Å². The van der Waals surface area contributed by atoms with Crippen molar-refractivity contribution in [1.29, 1.82) is 0 Å². The zero-order valence-corrected chi connectivity index (χ0v) is 51.2. The third-order valence-electron chi connectivity index (χ3n) is 15.5. The SMILES string of the molecule is [2H]c1c([2H])c(N(c2c([2H])c([2H])c(-c3c([2H])c([2H])c(-c4c([2H])c([2H])c(CCCCCCCCC)c([2H])c4[2H])c([2H])c3[2H])c([2H])c2[2H])c2c([2H])c3c4c([2H])c([2H])c([2H])c([2H])c4c(N(c4c([2H])c([2H])c(-c5c([2H])c([2H])c(-c6c([2H])c([2H])c(CCCCCCCCC)c([2H])c6[2H])c([2H])c5[2H])c([2H])c4[2H])c4c([2H])c([2H])c(C)c([2H])c4C)c([2H])c3c3c([2H])c([2H])c([2H])c([2H])c23)c(C)c([2H])c1C. The summed E-state index contributed by atoms with van der Waals surface area (Å²) in [4.78, 5) is 1.14. The molecular weight excluding hydrogens is 1080 g/mol. The van der Waals surface area contributed by atoms with Crippen LogP contribution >= 0.6 is 0 Å². The zero-order valence-electron chi connectivity index (χ0n) is 91.2. The second-order valence-corrected chi connectivity index (χ2v) is 22.2. The molecule has 12 aromatic carbocycles. The van der Waals surface area contributed by atoms with Crippen LogP contribution < -0.4 is 9.80 Å². The van der Waals surface area contributed by atoms with Crippen molar-refractivity contribution in [3.8, 4) is 44.5 Å². The molecule has 0 saturated carbocycles. The zero-order chi connectivity index (χ0) is 96.6. The molecule has 0 aliphatic heterocycles. The van der Waals surface area contributed by atoms with Gasteiger partial charge in [0.2, 0.25) is 0 Å². The number of unbranched alkanes of at least 4 members (excludes halogenated alkanes) is 12. The minimum atomic E-state index is -1.28. The smallest absolute Gasteiger partial charge is 0.0652 e. The van der Waals surface area contributed by atoms with E-state index in [4.69, 9.17) is 11.0 Å². The molecule has 0 saturated heterocycles. The summed E-state index contributed by atoms with van der Waals surface area (Å²) in [5, 5.41) is -5.74. The second-order valence-electron chi connectivity index (χ2n) is 22.2. The minimum absolute atomic E-state index is 0.0425. The molecule has 0 radical (unpaired) electrons. The van der Waals surface area contributed by atoms with E-state index in [1.165, 1.54) is 27.7 Å². The molecule has 0 N–H and O–H groups in total. The van der Waals surface area contributed by atoms with Gasteiger partial charge in [-0.2, -0.15) is 0 Å². The normalized spacial score (nSPS) is 17.7. The summed E-state index contributed by atoms with van der Waals surface area (Å²) in [5.41, 5.74) is -13.5. The quantitative estimate of drug-likeness (QED) is 0.0394. The number of hydrogen-bond donors (Lipinski definition) is 0. The maximum atomic E-state index is 10.9. The summed E-state index contributed by atoms with van der Waals surface area (Å²) in [7, 11) is 0. The van der Waals surface area contributed by atoms with E-state index in [9.17, 15) is 43.9 Å². The van der Waals surface area contributed by atoms with Gasteiger partial charge in [0.1, 0.15) is 0 Å². The Bertz CT molecular complexity index is 6200. The Labute approximate surface area is 594 Å². The van der Waals surface area contributed by atoms with E-state index in [2.05, 4.69) is 13.8 Å². The van der Waals surface area contributed by atoms with Gasteiger partial charge < -0.3 is 9.80 Å². The highest BCUT2D eigenvalue weighted by atomic mass is 15.2. The molecule has 0 unspecified atom stereocenters. The second kappa shape index (κ2) is 29.1. The van der Waals surface area contributed by atoms with Crippen LogP contribution in [0.1, 0.15) is 192 Å². The third-order valence-corrected chi connectivity index (χ3v) is 15.5. The van der Waals surface area contributed by atoms with Gasteiger partial charge in [-0.1, -0.05) is 295 Å². The molecule has 12 aromatic rings. The highest BCUT2D eigenvalue weighted by Gasteiger charge is 2.24. The number of rotatable bonds is 26. The van der Waals surface area contributed by atoms with Crippen LogP contribution in [-0.4, -0.2) is 0 Å². The first-order valence-corrected chi connectivity index (χ1v) is 30.7. The van der Waals surface area contributed by atoms with E-state index in [1.54, 1.807) is 0 Å². The van der Waals surface area contributed by atoms with E-state index in [0.717, 1.165) is 77.0 Å². The lowest BCUT2D eigenvalue weighted by atomic mass is 9.93. The molecule has 0 spiro atoms. The van der Waals surface area contributed by atoms with Crippen molar-refractivity contribution in [3.05, 3.63) is 275 Å². The average Bonchev–Trinajstić information content (AvgIpc) is 0.677. The molecular formula is C88H90N2. The molecule has 0 atom stereocenters. The van der Waals surface area contributed by atoms with Gasteiger partial charge in [-0.25, -0.2) is 0 Å². The topological polar surface area (TPSA) is 6.48 Å². The van der Waals surface area contributed by atoms with Gasteiger partial charge in [-0.3, -0.25) is 0 Å². The molecule has 0 fully saturated rings. The van der Waals surface area contributed by atoms with Gasteiger partial charge in [0.25, 0.3) is 0 Å². The number of nitrogens with zero attached hydrogens (tertiary/aromatic N) is 2. The van der Waals surface area contributed by atoms with E-state index < -0.39 is 353 Å². The van der Waals surface area contributed by atoms with Crippen molar-refractivity contribution in [1.82, 2.24) is 0 Å². The molecule has 0 aliphatic carbocycles. The molecule has 12 rings (SSSR count). The van der Waals surface area contributed by atoms with Crippen LogP contribution in [0.5, 0.6) is 0 Å². The van der Waals surface area contributed by atoms with Gasteiger partial charge >= 0.3 is 0 Å². The van der Waals surface area contributed by atoms with Crippen LogP contribution in [0.25, 0.3) is 76.8 Å². The van der Waals surface area contributed by atoms with E-state index in [-0.39, 0.29) is 46.2 Å². The predicted octanol–water partition coefficient (Wildman–Crippen LogP) is 26.6. The van der Waals surface area contributed by atoms with Gasteiger partial charge in [0, 0.05) is 33.5 Å². The lowest BCUT2D eigenvalue weighted by Gasteiger charge is -2.31. The van der Waals surface area contributed by atoms with Crippen LogP contribution in [0.2, 0.25) is 0 Å². The fourth-order valence-electron chi connectivity index (χ4n) is 10.8. The average molecular weight is 1220 g/mol. The van der Waals surface area contributed by atoms with E-state index in [0.29, 0.717) is 22.6 Å². The summed E-state index contributed by atoms with van der Waals surface area (Å²) in [6.45, 7) is 9.09. The number of hydrogen-bond acceptors (Lipinski definition) is 2. The first kappa shape index (κ1) is 29.8. The van der Waals surface area contributed by atoms with Crippen LogP contribution in [0.3, 0.4) is 0 Å². The number of benzene rings is 12. The Morgan fingerprint density at radius 2 is 0.533 bits per heavy atom. The summed E-state index contributed by atoms with van der Waals surface area (Å²) in [5.74, 6) is 0. The monoisotopic (exact) mass is 1210 g/mol. The summed E-state index contributed by atoms with van der Waals surface area (Å²) in [6, 6.07) is -39.8. The molecule has 0 bridgehead atoms. The highest BCUT2D eigenvalue weighted by Crippen LogP contribution is 2.49. The first-order valence-electron chi connectivity index (χ1n) is 50.7. The Morgan fingerprint density at radius 3 is 0.856 bits per heavy atom. The minimum Gasteiger partial charge on any atom is -0.310 e. The largest absolute Gasteiger partial charge is 0.310 e. The molecule has 90 heavy (non-hydrogen) atoms. The fraction of sp³-hybridized carbons (Fsp3) is 0.250. The van der Waals surface area contributed by atoms with Crippen molar-refractivity contribution in [3.63, 3.8) is 0 Å². The standard InChI is InChI=1S/C88H90N2/c1-7-9-11-13-15-17-19-25-67-33-37-69(38-34-67)71-41-45-73(46-42-71)75-49-53-77(54-50-75)89(85-57-31-63(3)59-65(85)5)87-61-83-80-28-22-24-30-82(80)88(62-84(83)79-27-21-23-29-81(79)87)90(86-58-32-64(4)60-66(86)6)78-55-51-76(52-56-78)74-47-43-72(44-48-74)70-39-35-68(36-40-70)26-20-18-16-14-12-10-8-2/h21-24,27-62H,7-20,25-26H2,1-6H3/i21D,22D,23D,24D,27D,28D,29D,30D,31D,32D,33D,34D,35D,36D,37D,38D,39D,40D,41D,42D,43D,44D,45D,46D,47D,48D,49D,50D,51D,52D,53D,54D,55D,56D,57D,58D,59D,60D,61D,62D. The van der Waals surface area contributed by atoms with Crippen LogP contribution in [0.15, 0.2) is 242 Å². The first-order chi connectivity index (χ1) is 61.0. The number of anilines is 6. The summed E-state index contributed by atoms with van der Waals surface area (Å²) < 4.78 is 386. The molecule has 2 nitrogen and oxygen atoms in total. The van der Waals surface area contributed by atoms with Crippen molar-refractivity contribution in [2.45, 2.75) is 144 Å². The van der Waals surface area contributed by atoms with Crippen molar-refractivity contribution < 1.29 is 54.8 Å². The van der Waals surface area contributed by atoms with Crippen LogP contribution in [-0.2, 0) is 12.8 Å². The molecule has 0 heterocycles. The maximum Gasteiger partial charge on any atom is 0.0652 e. The van der Waals surface area contributed by atoms with Gasteiger partial charge in [0.15, 0.2) is 0 Å². The Morgan fingerprint density at radius 1 is 0.256 bits per heavy atom. The highest BCUT2D eigenvalue weighted by molar-refractivity contribution is 6.24. The van der Waals surface area contributed by atoms with E-state index >= 15 is 0 Å². The number of fused-ring (bicyclic) bond motifs is 5. The lowest BCUT2D eigenvalue weighted by molar-refractivity contribution is 0.589. The van der Waals surface area contributed by atoms with Gasteiger partial charge in [-0.05, 0) is 190 Å². The summed E-state index contributed by atoms with van der Waals surface area (Å²) in [6.07, 6.45) is 12.5. The maximum absolute atomic E-state index is 10.9. The summed E-state index contributed by atoms with van der Waals surface area (Å²) >= 11 is 0. The molecule has 0 amide bonds.